The Balaban J connectivity index is 1.91. The smallest absolute Gasteiger partial charge is 0.339 e. The van der Waals surface area contributed by atoms with Crippen LogP contribution in [0.3, 0.4) is 0 Å². The molecule has 0 fully saturated rings. The number of hydrogen-bond acceptors (Lipinski definition) is 5. The summed E-state index contributed by atoms with van der Waals surface area (Å²) in [5.41, 5.74) is 1.54. The third-order valence-corrected chi connectivity index (χ3v) is 6.28. The van der Waals surface area contributed by atoms with Gasteiger partial charge in [0.1, 0.15) is 4.90 Å². The minimum Gasteiger partial charge on any atom is -0.444 e. The molecule has 0 aliphatic carbocycles. The summed E-state index contributed by atoms with van der Waals surface area (Å²) in [4.78, 5) is 25.3. The highest BCUT2D eigenvalue weighted by Gasteiger charge is 2.27. The van der Waals surface area contributed by atoms with E-state index in [1.54, 1.807) is 48.5 Å². The minimum atomic E-state index is -4.17. The van der Waals surface area contributed by atoms with Crippen LogP contribution in [0.1, 0.15) is 27.6 Å². The van der Waals surface area contributed by atoms with Gasteiger partial charge in [0.2, 0.25) is 16.1 Å². The molecule has 0 bridgehead atoms. The van der Waals surface area contributed by atoms with E-state index in [0.717, 1.165) is 11.6 Å². The third kappa shape index (κ3) is 5.66. The first-order valence-corrected chi connectivity index (χ1v) is 11.5. The maximum Gasteiger partial charge on any atom is 0.339 e. The second-order valence-corrected chi connectivity index (χ2v) is 9.18. The van der Waals surface area contributed by atoms with Crippen LogP contribution >= 0.6 is 23.2 Å². The van der Waals surface area contributed by atoms with Gasteiger partial charge in [0.25, 0.3) is 5.91 Å². The van der Waals surface area contributed by atoms with Gasteiger partial charge in [-0.1, -0.05) is 59.6 Å². The minimum absolute atomic E-state index is 0.134. The van der Waals surface area contributed by atoms with Crippen LogP contribution in [0.4, 0.5) is 5.69 Å². The lowest BCUT2D eigenvalue weighted by molar-refractivity contribution is -0.125. The molecule has 0 aliphatic rings. The molecule has 0 aliphatic heterocycles. The van der Waals surface area contributed by atoms with Crippen LogP contribution < -0.4 is 10.5 Å². The number of nitrogens with two attached hydrogens (primary N) is 1. The Labute approximate surface area is 195 Å². The first kappa shape index (κ1) is 23.7. The molecule has 0 unspecified atom stereocenters. The molecule has 3 aromatic rings. The molecule has 32 heavy (non-hydrogen) atoms. The molecular weight excluding hydrogens is 475 g/mol. The van der Waals surface area contributed by atoms with Crippen LogP contribution in [-0.4, -0.2) is 20.3 Å². The van der Waals surface area contributed by atoms with Crippen molar-refractivity contribution in [1.29, 1.82) is 0 Å². The summed E-state index contributed by atoms with van der Waals surface area (Å²) < 4.78 is 28.9. The average Bonchev–Trinajstić information content (AvgIpc) is 2.74. The lowest BCUT2D eigenvalue weighted by Crippen LogP contribution is -2.26. The zero-order chi connectivity index (χ0) is 23.5. The van der Waals surface area contributed by atoms with Gasteiger partial charge in [-0.15, -0.1) is 0 Å². The van der Waals surface area contributed by atoms with E-state index in [1.165, 1.54) is 12.1 Å². The van der Waals surface area contributed by atoms with Crippen LogP contribution in [0.15, 0.2) is 71.6 Å². The van der Waals surface area contributed by atoms with Gasteiger partial charge in [-0.2, -0.15) is 0 Å². The lowest BCUT2D eigenvalue weighted by atomic mass is 10.1. The number of anilines is 1. The molecule has 3 rings (SSSR count). The molecule has 0 radical (unpaired) electrons. The SMILES string of the molecule is Cc1ccc(NC(=O)[C@@H](OC(=O)c2ccc(Cl)c(S(N)(=O)=O)c2)c2ccccc2)cc1Cl. The van der Waals surface area contributed by atoms with Crippen molar-refractivity contribution in [3.05, 3.63) is 93.5 Å². The molecule has 0 saturated heterocycles. The molecule has 7 nitrogen and oxygen atoms in total. The van der Waals surface area contributed by atoms with Gasteiger partial charge in [0, 0.05) is 16.3 Å². The Morgan fingerprint density at radius 1 is 0.969 bits per heavy atom. The summed E-state index contributed by atoms with van der Waals surface area (Å²) in [6.45, 7) is 1.82. The first-order valence-electron chi connectivity index (χ1n) is 9.21. The van der Waals surface area contributed by atoms with Gasteiger partial charge in [0.15, 0.2) is 0 Å². The summed E-state index contributed by atoms with van der Waals surface area (Å²) in [6, 6.07) is 16.8. The van der Waals surface area contributed by atoms with E-state index in [2.05, 4.69) is 5.32 Å². The number of ether oxygens (including phenoxy) is 1. The summed E-state index contributed by atoms with van der Waals surface area (Å²) in [5, 5.41) is 8.13. The van der Waals surface area contributed by atoms with Crippen molar-refractivity contribution in [3.63, 3.8) is 0 Å². The monoisotopic (exact) mass is 492 g/mol. The number of rotatable bonds is 6. The van der Waals surface area contributed by atoms with Crippen molar-refractivity contribution < 1.29 is 22.7 Å². The zero-order valence-electron chi connectivity index (χ0n) is 16.7. The zero-order valence-corrected chi connectivity index (χ0v) is 19.0. The van der Waals surface area contributed by atoms with Crippen molar-refractivity contribution in [2.24, 2.45) is 5.14 Å². The number of amides is 1. The third-order valence-electron chi connectivity index (χ3n) is 4.48. The second kappa shape index (κ2) is 9.70. The van der Waals surface area contributed by atoms with E-state index >= 15 is 0 Å². The molecule has 0 heterocycles. The number of carbonyl (C=O) groups excluding carboxylic acids is 2. The molecular formula is C22H18Cl2N2O5S. The van der Waals surface area contributed by atoms with E-state index in [4.69, 9.17) is 33.1 Å². The molecule has 1 amide bonds. The number of esters is 1. The average molecular weight is 493 g/mol. The molecule has 1 atom stereocenters. The number of carbonyl (C=O) groups is 2. The number of halogens is 2. The van der Waals surface area contributed by atoms with E-state index < -0.39 is 32.9 Å². The Bertz CT molecular complexity index is 1280. The van der Waals surface area contributed by atoms with E-state index in [9.17, 15) is 18.0 Å². The number of primary sulfonamides is 1. The standard InChI is InChI=1S/C22H18Cl2N2O5S/c1-13-7-9-16(12-18(13)24)26-21(27)20(14-5-3-2-4-6-14)31-22(28)15-8-10-17(23)19(11-15)32(25,29)30/h2-12,20H,1H3,(H,26,27)(H2,25,29,30)/t20-/m0/s1. The van der Waals surface area contributed by atoms with Gasteiger partial charge in [-0.05, 0) is 42.8 Å². The van der Waals surface area contributed by atoms with Gasteiger partial charge in [-0.3, -0.25) is 4.79 Å². The summed E-state index contributed by atoms with van der Waals surface area (Å²) >= 11 is 12.0. The fraction of sp³-hybridized carbons (Fsp3) is 0.0909. The van der Waals surface area contributed by atoms with Gasteiger partial charge >= 0.3 is 5.97 Å². The highest BCUT2D eigenvalue weighted by molar-refractivity contribution is 7.89. The van der Waals surface area contributed by atoms with Crippen LogP contribution in [0, 0.1) is 6.92 Å². The molecule has 3 aromatic carbocycles. The molecule has 0 spiro atoms. The predicted molar refractivity (Wildman–Crippen MR) is 122 cm³/mol. The Kier molecular flexibility index (Phi) is 7.20. The Hall–Kier alpha value is -2.91. The summed E-state index contributed by atoms with van der Waals surface area (Å²) in [5.74, 6) is -1.55. The number of sulfonamides is 1. The molecule has 0 aromatic heterocycles. The van der Waals surface area contributed by atoms with Crippen molar-refractivity contribution in [3.8, 4) is 0 Å². The largest absolute Gasteiger partial charge is 0.444 e. The summed E-state index contributed by atoms with van der Waals surface area (Å²) in [7, 11) is -4.17. The fourth-order valence-corrected chi connectivity index (χ4v) is 4.05. The Morgan fingerprint density at radius 3 is 2.28 bits per heavy atom. The van der Waals surface area contributed by atoms with Crippen LogP contribution in [-0.2, 0) is 19.6 Å². The number of benzene rings is 3. The number of aryl methyl sites for hydroxylation is 1. The highest BCUT2D eigenvalue weighted by atomic mass is 35.5. The molecule has 3 N–H and O–H groups in total. The van der Waals surface area contributed by atoms with Gasteiger partial charge in [0.05, 0.1) is 10.6 Å². The van der Waals surface area contributed by atoms with E-state index in [-0.39, 0.29) is 10.6 Å². The van der Waals surface area contributed by atoms with Crippen LogP contribution in [0.25, 0.3) is 0 Å². The lowest BCUT2D eigenvalue weighted by Gasteiger charge is -2.18. The van der Waals surface area contributed by atoms with Crippen molar-refractivity contribution in [2.75, 3.05) is 5.32 Å². The van der Waals surface area contributed by atoms with Gasteiger partial charge in [-0.25, -0.2) is 18.4 Å². The first-order chi connectivity index (χ1) is 15.1. The van der Waals surface area contributed by atoms with E-state index in [1.807, 2.05) is 6.92 Å². The maximum atomic E-state index is 13.0. The maximum absolute atomic E-state index is 13.0. The normalized spacial score (nSPS) is 12.1. The van der Waals surface area contributed by atoms with Gasteiger partial charge < -0.3 is 10.1 Å². The van der Waals surface area contributed by atoms with Crippen molar-refractivity contribution in [2.45, 2.75) is 17.9 Å². The number of nitrogens with one attached hydrogen (secondary N) is 1. The van der Waals surface area contributed by atoms with Crippen molar-refractivity contribution >= 4 is 50.8 Å². The summed E-state index contributed by atoms with van der Waals surface area (Å²) in [6.07, 6.45) is -1.32. The van der Waals surface area contributed by atoms with Crippen LogP contribution in [0.5, 0.6) is 0 Å². The number of hydrogen-bond donors (Lipinski definition) is 2. The Morgan fingerprint density at radius 2 is 1.66 bits per heavy atom. The van der Waals surface area contributed by atoms with Crippen molar-refractivity contribution in [1.82, 2.24) is 0 Å². The fourth-order valence-electron chi connectivity index (χ4n) is 2.80. The quantitative estimate of drug-likeness (QED) is 0.491. The highest BCUT2D eigenvalue weighted by Crippen LogP contribution is 2.26. The van der Waals surface area contributed by atoms with E-state index in [0.29, 0.717) is 16.3 Å². The predicted octanol–water partition coefficient (Wildman–Crippen LogP) is 4.49. The second-order valence-electron chi connectivity index (χ2n) is 6.84. The molecule has 10 heteroatoms. The molecule has 166 valence electrons. The van der Waals surface area contributed by atoms with Crippen LogP contribution in [0.2, 0.25) is 10.0 Å². The topological polar surface area (TPSA) is 116 Å². The molecule has 0 saturated carbocycles.